The molecule has 2 aromatic heterocycles. The summed E-state index contributed by atoms with van der Waals surface area (Å²) in [7, 11) is 0. The van der Waals surface area contributed by atoms with Crippen LogP contribution in [-0.4, -0.2) is 38.9 Å². The van der Waals surface area contributed by atoms with E-state index in [1.807, 2.05) is 18.7 Å². The van der Waals surface area contributed by atoms with E-state index in [4.69, 9.17) is 0 Å². The number of aryl methyl sites for hydroxylation is 1. The van der Waals surface area contributed by atoms with Gasteiger partial charge in [-0.25, -0.2) is 4.68 Å². The van der Waals surface area contributed by atoms with Crippen molar-refractivity contribution in [3.8, 4) is 0 Å². The largest absolute Gasteiger partial charge is 0.341 e. The topological polar surface area (TPSA) is 68.1 Å². The number of amides is 1. The molecule has 0 fully saturated rings. The highest BCUT2D eigenvalue weighted by atomic mass is 32.1. The summed E-state index contributed by atoms with van der Waals surface area (Å²) in [4.78, 5) is 29.3. The molecule has 0 aromatic carbocycles. The first kappa shape index (κ1) is 18.0. The average molecular weight is 362 g/mol. The van der Waals surface area contributed by atoms with Crippen molar-refractivity contribution in [1.29, 1.82) is 0 Å². The molecule has 3 rings (SSSR count). The second-order valence-corrected chi connectivity index (χ2v) is 8.05. The normalized spacial score (nSPS) is 16.8. The molecular formula is C18H26N4O2S. The highest BCUT2D eigenvalue weighted by molar-refractivity contribution is 7.18. The van der Waals surface area contributed by atoms with E-state index in [1.54, 1.807) is 11.3 Å². The van der Waals surface area contributed by atoms with Gasteiger partial charge in [0, 0.05) is 18.0 Å². The lowest BCUT2D eigenvalue weighted by molar-refractivity contribution is -0.132. The number of aromatic nitrogens is 3. The van der Waals surface area contributed by atoms with E-state index in [2.05, 4.69) is 17.2 Å². The third-order valence-electron chi connectivity index (χ3n) is 4.81. The number of hydrogen-bond acceptors (Lipinski definition) is 5. The number of hydrogen-bond donors (Lipinski definition) is 0. The number of rotatable bonds is 6. The molecule has 1 atom stereocenters. The molecule has 1 amide bonds. The Morgan fingerprint density at radius 1 is 1.32 bits per heavy atom. The highest BCUT2D eigenvalue weighted by Crippen LogP contribution is 2.35. The fourth-order valence-corrected chi connectivity index (χ4v) is 4.84. The van der Waals surface area contributed by atoms with Crippen LogP contribution in [0, 0.1) is 5.92 Å². The Morgan fingerprint density at radius 3 is 2.72 bits per heavy atom. The maximum Gasteiger partial charge on any atom is 0.279 e. The fourth-order valence-electron chi connectivity index (χ4n) is 3.52. The minimum atomic E-state index is -0.168. The van der Waals surface area contributed by atoms with Crippen molar-refractivity contribution in [2.45, 2.75) is 59.4 Å². The number of nitrogens with zero attached hydrogens (tertiary/aromatic N) is 4. The number of thiophene rings is 1. The van der Waals surface area contributed by atoms with Crippen molar-refractivity contribution >= 4 is 27.5 Å². The summed E-state index contributed by atoms with van der Waals surface area (Å²) < 4.78 is 1.24. The summed E-state index contributed by atoms with van der Waals surface area (Å²) >= 11 is 1.59. The molecular weight excluding hydrogens is 336 g/mol. The van der Waals surface area contributed by atoms with Crippen LogP contribution in [0.3, 0.4) is 0 Å². The summed E-state index contributed by atoms with van der Waals surface area (Å²) in [5, 5.41) is 8.95. The van der Waals surface area contributed by atoms with Crippen molar-refractivity contribution in [1.82, 2.24) is 19.9 Å². The van der Waals surface area contributed by atoms with Crippen molar-refractivity contribution in [2.75, 3.05) is 13.1 Å². The maximum atomic E-state index is 12.9. The lowest BCUT2D eigenvalue weighted by atomic mass is 9.89. The molecule has 0 aliphatic heterocycles. The summed E-state index contributed by atoms with van der Waals surface area (Å²) in [6.45, 7) is 7.74. The van der Waals surface area contributed by atoms with E-state index in [1.165, 1.54) is 9.56 Å². The summed E-state index contributed by atoms with van der Waals surface area (Å²) in [5.41, 5.74) is 0.969. The lowest BCUT2D eigenvalue weighted by Crippen LogP contribution is -2.38. The molecule has 0 bridgehead atoms. The molecule has 6 nitrogen and oxygen atoms in total. The van der Waals surface area contributed by atoms with Gasteiger partial charge in [-0.1, -0.05) is 26.0 Å². The van der Waals surface area contributed by atoms with Gasteiger partial charge in [0.1, 0.15) is 6.54 Å². The first-order chi connectivity index (χ1) is 12.0. The van der Waals surface area contributed by atoms with Crippen molar-refractivity contribution in [2.24, 2.45) is 5.92 Å². The molecule has 0 radical (unpaired) electrons. The zero-order chi connectivity index (χ0) is 18.0. The van der Waals surface area contributed by atoms with Gasteiger partial charge in [-0.15, -0.1) is 16.4 Å². The van der Waals surface area contributed by atoms with Crippen molar-refractivity contribution < 1.29 is 4.79 Å². The van der Waals surface area contributed by atoms with Gasteiger partial charge in [-0.3, -0.25) is 9.59 Å². The molecule has 0 saturated heterocycles. The minimum Gasteiger partial charge on any atom is -0.341 e. The Hall–Kier alpha value is -1.76. The Kier molecular flexibility index (Phi) is 5.51. The van der Waals surface area contributed by atoms with Gasteiger partial charge < -0.3 is 4.90 Å². The second-order valence-electron chi connectivity index (χ2n) is 6.96. The first-order valence-corrected chi connectivity index (χ1v) is 10.0. The van der Waals surface area contributed by atoms with Crippen LogP contribution >= 0.6 is 11.3 Å². The zero-order valence-electron chi connectivity index (χ0n) is 15.2. The molecule has 25 heavy (non-hydrogen) atoms. The molecule has 2 heterocycles. The Bertz CT molecular complexity index is 820. The average Bonchev–Trinajstić information content (AvgIpc) is 2.95. The smallest absolute Gasteiger partial charge is 0.279 e. The predicted octanol–water partition coefficient (Wildman–Crippen LogP) is 2.63. The van der Waals surface area contributed by atoms with E-state index >= 15 is 0 Å². The van der Waals surface area contributed by atoms with Crippen LogP contribution in [0.4, 0.5) is 0 Å². The van der Waals surface area contributed by atoms with E-state index in [9.17, 15) is 9.59 Å². The van der Waals surface area contributed by atoms with Gasteiger partial charge in [0.15, 0.2) is 4.83 Å². The second kappa shape index (κ2) is 7.64. The van der Waals surface area contributed by atoms with Gasteiger partial charge in [-0.05, 0) is 43.6 Å². The maximum absolute atomic E-state index is 12.9. The van der Waals surface area contributed by atoms with E-state index in [0.29, 0.717) is 29.2 Å². The monoisotopic (exact) mass is 362 g/mol. The third kappa shape index (κ3) is 3.61. The van der Waals surface area contributed by atoms with Gasteiger partial charge in [0.25, 0.3) is 5.56 Å². The first-order valence-electron chi connectivity index (χ1n) is 9.20. The third-order valence-corrected chi connectivity index (χ3v) is 5.95. The molecule has 7 heteroatoms. The molecule has 1 aliphatic rings. The van der Waals surface area contributed by atoms with Crippen molar-refractivity contribution in [3.05, 3.63) is 20.8 Å². The Labute approximate surface area is 151 Å². The quantitative estimate of drug-likeness (QED) is 0.792. The standard InChI is InChI=1S/C18H26N4O2S/c1-4-8-21(9-5-2)15(23)11-22-18(24)16-13-7-6-12(3)10-14(13)25-17(16)19-20-22/h12H,4-11H2,1-3H3. The van der Waals surface area contributed by atoms with Crippen LogP contribution in [0.15, 0.2) is 4.79 Å². The molecule has 0 saturated carbocycles. The van der Waals surface area contributed by atoms with E-state index < -0.39 is 0 Å². The SMILES string of the molecule is CCCN(CCC)C(=O)Cn1nnc2sc3c(c2c1=O)CCC(C)C3. The Morgan fingerprint density at radius 2 is 2.04 bits per heavy atom. The number of fused-ring (bicyclic) bond motifs is 3. The molecule has 1 aliphatic carbocycles. The highest BCUT2D eigenvalue weighted by Gasteiger charge is 2.24. The number of carbonyl (C=O) groups excluding carboxylic acids is 1. The van der Waals surface area contributed by atoms with Crippen molar-refractivity contribution in [3.63, 3.8) is 0 Å². The van der Waals surface area contributed by atoms with E-state index in [0.717, 1.165) is 37.7 Å². The van der Waals surface area contributed by atoms with Crippen LogP contribution in [0.1, 0.15) is 50.5 Å². The zero-order valence-corrected chi connectivity index (χ0v) is 16.1. The van der Waals surface area contributed by atoms with Crippen LogP contribution < -0.4 is 5.56 Å². The molecule has 1 unspecified atom stereocenters. The van der Waals surface area contributed by atoms with Crippen LogP contribution in [0.25, 0.3) is 10.2 Å². The predicted molar refractivity (Wildman–Crippen MR) is 100 cm³/mol. The summed E-state index contributed by atoms with van der Waals surface area (Å²) in [6, 6.07) is 0. The lowest BCUT2D eigenvalue weighted by Gasteiger charge is -2.21. The van der Waals surface area contributed by atoms with Crippen LogP contribution in [0.2, 0.25) is 0 Å². The van der Waals surface area contributed by atoms with Crippen LogP contribution in [-0.2, 0) is 24.2 Å². The van der Waals surface area contributed by atoms with Gasteiger partial charge >= 0.3 is 0 Å². The van der Waals surface area contributed by atoms with Gasteiger partial charge in [-0.2, -0.15) is 0 Å². The summed E-state index contributed by atoms with van der Waals surface area (Å²) in [6.07, 6.45) is 4.84. The van der Waals surface area contributed by atoms with Crippen LogP contribution in [0.5, 0.6) is 0 Å². The van der Waals surface area contributed by atoms with E-state index in [-0.39, 0.29) is 18.0 Å². The minimum absolute atomic E-state index is 0.0250. The summed E-state index contributed by atoms with van der Waals surface area (Å²) in [5.74, 6) is 0.589. The molecule has 0 spiro atoms. The van der Waals surface area contributed by atoms with Gasteiger partial charge in [0.05, 0.1) is 5.39 Å². The van der Waals surface area contributed by atoms with Gasteiger partial charge in [0.2, 0.25) is 5.91 Å². The molecule has 0 N–H and O–H groups in total. The molecule has 2 aromatic rings. The Balaban J connectivity index is 1.91. The number of carbonyl (C=O) groups is 1. The fraction of sp³-hybridized carbons (Fsp3) is 0.667. The molecule has 136 valence electrons.